The van der Waals surface area contributed by atoms with Crippen LogP contribution in [0.15, 0.2) is 60.2 Å². The maximum Gasteiger partial charge on any atom is 0.164 e. The lowest BCUT2D eigenvalue weighted by Crippen LogP contribution is -2.32. The lowest BCUT2D eigenvalue weighted by atomic mass is 9.67. The summed E-state index contributed by atoms with van der Waals surface area (Å²) in [5.74, 6) is 1.73. The van der Waals surface area contributed by atoms with Crippen molar-refractivity contribution in [2.75, 3.05) is 19.5 Å². The molecule has 1 aliphatic heterocycles. The molecular formula is C27H27NO3. The molecule has 0 amide bonds. The molecule has 5 rings (SSSR count). The second-order valence-corrected chi connectivity index (χ2v) is 9.24. The number of carbonyl (C=O) groups is 1. The Bertz CT molecular complexity index is 1240. The van der Waals surface area contributed by atoms with Crippen LogP contribution in [0.5, 0.6) is 11.5 Å². The van der Waals surface area contributed by atoms with E-state index in [1.165, 1.54) is 0 Å². The van der Waals surface area contributed by atoms with Gasteiger partial charge in [0.2, 0.25) is 0 Å². The molecule has 0 fully saturated rings. The third kappa shape index (κ3) is 3.18. The minimum Gasteiger partial charge on any atom is -0.497 e. The first-order valence-corrected chi connectivity index (χ1v) is 10.7. The van der Waals surface area contributed by atoms with Crippen molar-refractivity contribution in [1.29, 1.82) is 0 Å². The van der Waals surface area contributed by atoms with E-state index >= 15 is 0 Å². The number of anilines is 1. The van der Waals surface area contributed by atoms with Gasteiger partial charge in [-0.05, 0) is 46.4 Å². The molecule has 0 bridgehead atoms. The van der Waals surface area contributed by atoms with Crippen molar-refractivity contribution in [3.8, 4) is 11.5 Å². The number of ether oxygens (including phenoxy) is 2. The fourth-order valence-corrected chi connectivity index (χ4v) is 5.14. The van der Waals surface area contributed by atoms with Crippen LogP contribution in [0.25, 0.3) is 16.3 Å². The van der Waals surface area contributed by atoms with Crippen LogP contribution < -0.4 is 14.8 Å². The van der Waals surface area contributed by atoms with Crippen LogP contribution in [-0.4, -0.2) is 20.0 Å². The first kappa shape index (κ1) is 19.7. The summed E-state index contributed by atoms with van der Waals surface area (Å²) in [5, 5.41) is 6.01. The fourth-order valence-electron chi connectivity index (χ4n) is 5.14. The number of Topliss-reactive ketones (excluding diaryl/α,β-unsaturated/α-hetero) is 1. The third-order valence-corrected chi connectivity index (χ3v) is 6.49. The monoisotopic (exact) mass is 413 g/mol. The molecule has 1 heterocycles. The van der Waals surface area contributed by atoms with Gasteiger partial charge < -0.3 is 14.8 Å². The Balaban J connectivity index is 1.78. The molecule has 0 unspecified atom stereocenters. The van der Waals surface area contributed by atoms with Gasteiger partial charge in [0.25, 0.3) is 0 Å². The highest BCUT2D eigenvalue weighted by molar-refractivity contribution is 6.28. The number of methoxy groups -OCH3 is 2. The zero-order chi connectivity index (χ0) is 21.8. The van der Waals surface area contributed by atoms with Crippen molar-refractivity contribution < 1.29 is 14.3 Å². The molecule has 0 saturated carbocycles. The van der Waals surface area contributed by atoms with Crippen LogP contribution in [0.2, 0.25) is 0 Å². The van der Waals surface area contributed by atoms with E-state index in [9.17, 15) is 4.79 Å². The number of nitrogens with one attached hydrogen (secondary N) is 1. The fraction of sp³-hybridized carbons (Fsp3) is 0.296. The lowest BCUT2D eigenvalue weighted by Gasteiger charge is -2.40. The molecule has 0 aromatic heterocycles. The number of hydrogen-bond acceptors (Lipinski definition) is 4. The van der Waals surface area contributed by atoms with E-state index in [2.05, 4.69) is 43.4 Å². The summed E-state index contributed by atoms with van der Waals surface area (Å²) in [4.78, 5) is 13.5. The Hall–Kier alpha value is -3.27. The summed E-state index contributed by atoms with van der Waals surface area (Å²) >= 11 is 0. The number of allylic oxidation sites excluding steroid dienone is 1. The minimum atomic E-state index is -0.131. The van der Waals surface area contributed by atoms with Crippen molar-refractivity contribution in [3.05, 3.63) is 71.3 Å². The van der Waals surface area contributed by atoms with Crippen LogP contribution in [0.3, 0.4) is 0 Å². The first-order chi connectivity index (χ1) is 14.9. The van der Waals surface area contributed by atoms with Crippen LogP contribution in [0.1, 0.15) is 43.9 Å². The van der Waals surface area contributed by atoms with E-state index in [1.807, 2.05) is 30.3 Å². The summed E-state index contributed by atoms with van der Waals surface area (Å²) < 4.78 is 11.1. The molecule has 1 atom stereocenters. The molecule has 2 aliphatic rings. The Labute approximate surface area is 182 Å². The molecule has 0 saturated heterocycles. The summed E-state index contributed by atoms with van der Waals surface area (Å²) in [6, 6.07) is 18.3. The van der Waals surface area contributed by atoms with Gasteiger partial charge in [-0.1, -0.05) is 44.2 Å². The Morgan fingerprint density at radius 2 is 1.77 bits per heavy atom. The SMILES string of the molecule is COc1ccc([C@H]2Nc3ccc4ccccc4c3C3=C2CC(C)(C)CC3=O)c(OC)c1. The predicted octanol–water partition coefficient (Wildman–Crippen LogP) is 6.17. The number of ketones is 1. The maximum atomic E-state index is 13.5. The van der Waals surface area contributed by atoms with Gasteiger partial charge in [-0.25, -0.2) is 0 Å². The van der Waals surface area contributed by atoms with Gasteiger partial charge in [0.1, 0.15) is 11.5 Å². The van der Waals surface area contributed by atoms with Gasteiger partial charge in [-0.3, -0.25) is 4.79 Å². The molecular weight excluding hydrogens is 386 g/mol. The first-order valence-electron chi connectivity index (χ1n) is 10.7. The summed E-state index contributed by atoms with van der Waals surface area (Å²) in [7, 11) is 3.32. The molecule has 3 aromatic carbocycles. The van der Waals surface area contributed by atoms with Gasteiger partial charge in [-0.2, -0.15) is 0 Å². The molecule has 1 N–H and O–H groups in total. The molecule has 0 spiro atoms. The van der Waals surface area contributed by atoms with Crippen molar-refractivity contribution in [2.24, 2.45) is 5.41 Å². The van der Waals surface area contributed by atoms with Gasteiger partial charge in [0.05, 0.1) is 20.3 Å². The van der Waals surface area contributed by atoms with Crippen molar-refractivity contribution >= 4 is 27.8 Å². The second-order valence-electron chi connectivity index (χ2n) is 9.24. The maximum absolute atomic E-state index is 13.5. The molecule has 3 aromatic rings. The van der Waals surface area contributed by atoms with E-state index in [0.29, 0.717) is 6.42 Å². The van der Waals surface area contributed by atoms with Crippen LogP contribution in [0.4, 0.5) is 5.69 Å². The molecule has 4 heteroatoms. The highest BCUT2D eigenvalue weighted by atomic mass is 16.5. The third-order valence-electron chi connectivity index (χ3n) is 6.49. The van der Waals surface area contributed by atoms with E-state index in [0.717, 1.165) is 56.7 Å². The number of hydrogen-bond donors (Lipinski definition) is 1. The molecule has 4 nitrogen and oxygen atoms in total. The van der Waals surface area contributed by atoms with Gasteiger partial charge in [0, 0.05) is 34.9 Å². The average Bonchev–Trinajstić information content (AvgIpc) is 2.76. The Kier molecular flexibility index (Phi) is 4.54. The van der Waals surface area contributed by atoms with Crippen LogP contribution in [0, 0.1) is 5.41 Å². The number of carbonyl (C=O) groups excluding carboxylic acids is 1. The van der Waals surface area contributed by atoms with Crippen molar-refractivity contribution in [1.82, 2.24) is 0 Å². The van der Waals surface area contributed by atoms with Gasteiger partial charge in [-0.15, -0.1) is 0 Å². The zero-order valence-electron chi connectivity index (χ0n) is 18.4. The Morgan fingerprint density at radius 3 is 2.55 bits per heavy atom. The van der Waals surface area contributed by atoms with Crippen LogP contribution in [-0.2, 0) is 4.79 Å². The van der Waals surface area contributed by atoms with E-state index < -0.39 is 0 Å². The van der Waals surface area contributed by atoms with Gasteiger partial charge in [0.15, 0.2) is 5.78 Å². The highest BCUT2D eigenvalue weighted by Crippen LogP contribution is 2.52. The zero-order valence-corrected chi connectivity index (χ0v) is 18.4. The largest absolute Gasteiger partial charge is 0.497 e. The average molecular weight is 414 g/mol. The Morgan fingerprint density at radius 1 is 0.968 bits per heavy atom. The van der Waals surface area contributed by atoms with E-state index in [4.69, 9.17) is 9.47 Å². The summed E-state index contributed by atoms with van der Waals surface area (Å²) in [6.45, 7) is 4.35. The van der Waals surface area contributed by atoms with E-state index in [1.54, 1.807) is 14.2 Å². The highest BCUT2D eigenvalue weighted by Gasteiger charge is 2.41. The van der Waals surface area contributed by atoms with Crippen LogP contribution >= 0.6 is 0 Å². The van der Waals surface area contributed by atoms with Crippen molar-refractivity contribution in [2.45, 2.75) is 32.7 Å². The molecule has 0 radical (unpaired) electrons. The quantitative estimate of drug-likeness (QED) is 0.558. The van der Waals surface area contributed by atoms with E-state index in [-0.39, 0.29) is 17.2 Å². The number of rotatable bonds is 3. The number of benzene rings is 3. The smallest absolute Gasteiger partial charge is 0.164 e. The second kappa shape index (κ2) is 7.16. The normalized spacial score (nSPS) is 19.5. The number of fused-ring (bicyclic) bond motifs is 4. The van der Waals surface area contributed by atoms with Crippen molar-refractivity contribution in [3.63, 3.8) is 0 Å². The molecule has 31 heavy (non-hydrogen) atoms. The standard InChI is InChI=1S/C27H27NO3/c1-27(2)14-20-25(22(29)15-27)24-18-8-6-5-7-16(18)9-12-21(24)28-26(20)19-11-10-17(30-3)13-23(19)31-4/h5-13,26,28H,14-15H2,1-4H3/t26-/m1/s1. The summed E-state index contributed by atoms with van der Waals surface area (Å²) in [5.41, 5.74) is 4.99. The summed E-state index contributed by atoms with van der Waals surface area (Å²) in [6.07, 6.45) is 1.41. The molecule has 158 valence electrons. The predicted molar refractivity (Wildman–Crippen MR) is 125 cm³/mol. The lowest BCUT2D eigenvalue weighted by molar-refractivity contribution is -0.116. The topological polar surface area (TPSA) is 47.6 Å². The minimum absolute atomic E-state index is 0.0857. The van der Waals surface area contributed by atoms with Gasteiger partial charge >= 0.3 is 0 Å². The molecule has 1 aliphatic carbocycles.